The van der Waals surface area contributed by atoms with Gasteiger partial charge >= 0.3 is 0 Å². The van der Waals surface area contributed by atoms with E-state index in [0.717, 1.165) is 69.8 Å². The molecule has 0 aliphatic rings. The predicted octanol–water partition coefficient (Wildman–Crippen LogP) is 15.1. The monoisotopic (exact) mass is 827 g/mol. The first-order chi connectivity index (χ1) is 33.7. The molecule has 6 heteroatoms. The molecule has 0 amide bonds. The van der Waals surface area contributed by atoms with Crippen LogP contribution in [0.1, 0.15) is 8.22 Å². The number of aromatic nitrogens is 5. The van der Waals surface area contributed by atoms with E-state index >= 15 is 0 Å². The summed E-state index contributed by atoms with van der Waals surface area (Å²) < 4.78 is 61.3. The number of rotatable bonds is 6. The third kappa shape index (κ3) is 5.52. The Kier molecular flexibility index (Phi) is 6.75. The number of para-hydroxylation sites is 4. The number of hydrogen-bond acceptors (Lipinski definition) is 4. The molecule has 0 spiro atoms. The predicted molar refractivity (Wildman–Crippen MR) is 263 cm³/mol. The van der Waals surface area contributed by atoms with Gasteiger partial charge in [0, 0.05) is 64.0 Å². The van der Waals surface area contributed by atoms with Crippen molar-refractivity contribution in [3.8, 4) is 56.7 Å². The van der Waals surface area contributed by atoms with E-state index < -0.39 is 0 Å². The lowest BCUT2D eigenvalue weighted by Gasteiger charge is -2.19. The largest absolute Gasteiger partial charge is 0.308 e. The Balaban J connectivity index is 1.20. The summed E-state index contributed by atoms with van der Waals surface area (Å²) in [7, 11) is 0. The molecular formula is C57H35N5S. The van der Waals surface area contributed by atoms with Gasteiger partial charge in [0.1, 0.15) is 0 Å². The van der Waals surface area contributed by atoms with Gasteiger partial charge in [-0.3, -0.25) is 4.57 Å². The summed E-state index contributed by atoms with van der Waals surface area (Å²) in [5, 5.41) is 4.61. The van der Waals surface area contributed by atoms with Crippen molar-refractivity contribution in [1.29, 1.82) is 0 Å². The molecule has 0 aliphatic heterocycles. The lowest BCUT2D eigenvalue weighted by atomic mass is 9.97. The van der Waals surface area contributed by atoms with Crippen molar-refractivity contribution in [2.75, 3.05) is 0 Å². The van der Waals surface area contributed by atoms with Gasteiger partial charge in [-0.1, -0.05) is 176 Å². The number of fused-ring (bicyclic) bond motifs is 9. The maximum atomic E-state index is 9.54. The van der Waals surface area contributed by atoms with Crippen molar-refractivity contribution in [1.82, 2.24) is 24.1 Å². The second-order valence-electron chi connectivity index (χ2n) is 15.4. The average molecular weight is 828 g/mol. The Labute approximate surface area is 374 Å². The number of thiophene rings is 1. The lowest BCUT2D eigenvalue weighted by Crippen LogP contribution is -2.08. The first-order valence-corrected chi connectivity index (χ1v) is 21.5. The fraction of sp³-hybridized carbons (Fsp3) is 0. The highest BCUT2D eigenvalue weighted by atomic mass is 32.1. The van der Waals surface area contributed by atoms with Gasteiger partial charge in [-0.15, -0.1) is 11.3 Å². The Morgan fingerprint density at radius 2 is 0.968 bits per heavy atom. The molecule has 0 saturated heterocycles. The molecule has 4 heterocycles. The fourth-order valence-electron chi connectivity index (χ4n) is 9.27. The molecule has 0 bridgehead atoms. The van der Waals surface area contributed by atoms with Crippen molar-refractivity contribution in [3.05, 3.63) is 212 Å². The van der Waals surface area contributed by atoms with Crippen molar-refractivity contribution >= 4 is 75.1 Å². The summed E-state index contributed by atoms with van der Waals surface area (Å²) >= 11 is 1.68. The highest BCUT2D eigenvalue weighted by Crippen LogP contribution is 2.46. The normalized spacial score (nSPS) is 13.1. The summed E-state index contributed by atoms with van der Waals surface area (Å²) in [6.07, 6.45) is 0. The number of hydrogen-bond donors (Lipinski definition) is 0. The molecule has 0 aliphatic carbocycles. The Morgan fingerprint density at radius 3 is 1.76 bits per heavy atom. The zero-order chi connectivity index (χ0) is 46.7. The summed E-state index contributed by atoms with van der Waals surface area (Å²) in [4.78, 5) is 16.0. The Hall–Kier alpha value is -8.19. The molecule has 63 heavy (non-hydrogen) atoms. The molecule has 13 rings (SSSR count). The Morgan fingerprint density at radius 1 is 0.381 bits per heavy atom. The van der Waals surface area contributed by atoms with Gasteiger partial charge in [-0.05, 0) is 47.5 Å². The highest BCUT2D eigenvalue weighted by Gasteiger charge is 2.25. The van der Waals surface area contributed by atoms with Crippen LogP contribution in [-0.2, 0) is 0 Å². The third-order valence-corrected chi connectivity index (χ3v) is 13.2. The van der Waals surface area contributed by atoms with E-state index in [1.807, 2.05) is 97.1 Å². The van der Waals surface area contributed by atoms with Crippen molar-refractivity contribution in [2.45, 2.75) is 0 Å². The maximum Gasteiger partial charge on any atom is 0.238 e. The van der Waals surface area contributed by atoms with Crippen LogP contribution in [0.2, 0.25) is 0 Å². The van der Waals surface area contributed by atoms with Crippen LogP contribution in [0.15, 0.2) is 212 Å². The minimum absolute atomic E-state index is 0.0610. The van der Waals surface area contributed by atoms with Crippen LogP contribution >= 0.6 is 11.3 Å². The molecule has 0 radical (unpaired) electrons. The van der Waals surface area contributed by atoms with E-state index in [2.05, 4.69) is 71.3 Å². The van der Waals surface area contributed by atoms with Crippen LogP contribution in [0.4, 0.5) is 0 Å². The van der Waals surface area contributed by atoms with E-state index in [0.29, 0.717) is 28.8 Å². The SMILES string of the molecule is [2H]c1cc([2H])c2c(c1[2H])c1c([2H])c([2H])cc([2H])c1n2-c1c(-c2nc(-c3ccccc3)nc(-n3c4ccccc4c4c(-c5ccccc5)cccc43)n2)cccc1-c1cccc2c1sc1ccccc12. The molecule has 9 aromatic carbocycles. The van der Waals surface area contributed by atoms with Gasteiger partial charge in [-0.2, -0.15) is 9.97 Å². The van der Waals surface area contributed by atoms with Crippen LogP contribution in [0.25, 0.3) is 120 Å². The van der Waals surface area contributed by atoms with E-state index in [1.54, 1.807) is 15.9 Å². The summed E-state index contributed by atoms with van der Waals surface area (Å²) in [5.74, 6) is 1.11. The number of benzene rings is 9. The smallest absolute Gasteiger partial charge is 0.238 e. The molecule has 0 N–H and O–H groups in total. The molecule has 5 nitrogen and oxygen atoms in total. The number of nitrogens with zero attached hydrogens (tertiary/aromatic N) is 5. The van der Waals surface area contributed by atoms with E-state index in [-0.39, 0.29) is 58.1 Å². The van der Waals surface area contributed by atoms with Crippen molar-refractivity contribution in [3.63, 3.8) is 0 Å². The minimum atomic E-state index is -0.191. The molecule has 0 atom stereocenters. The third-order valence-electron chi connectivity index (χ3n) is 12.0. The summed E-state index contributed by atoms with van der Waals surface area (Å²) in [5.41, 5.74) is 7.89. The maximum absolute atomic E-state index is 9.54. The quantitative estimate of drug-likeness (QED) is 0.168. The van der Waals surface area contributed by atoms with Gasteiger partial charge in [0.25, 0.3) is 0 Å². The van der Waals surface area contributed by atoms with Gasteiger partial charge < -0.3 is 4.57 Å². The molecule has 294 valence electrons. The molecule has 0 saturated carbocycles. The average Bonchev–Trinajstić information content (AvgIpc) is 4.07. The van der Waals surface area contributed by atoms with Gasteiger partial charge in [0.15, 0.2) is 11.6 Å². The lowest BCUT2D eigenvalue weighted by molar-refractivity contribution is 0.952. The topological polar surface area (TPSA) is 48.5 Å². The van der Waals surface area contributed by atoms with Crippen LogP contribution < -0.4 is 0 Å². The molecule has 13 aromatic rings. The summed E-state index contributed by atoms with van der Waals surface area (Å²) in [6.45, 7) is 0. The van der Waals surface area contributed by atoms with Crippen LogP contribution in [0.5, 0.6) is 0 Å². The summed E-state index contributed by atoms with van der Waals surface area (Å²) in [6, 6.07) is 56.9. The fourth-order valence-corrected chi connectivity index (χ4v) is 10.5. The van der Waals surface area contributed by atoms with E-state index in [1.165, 1.54) is 12.1 Å². The van der Waals surface area contributed by atoms with E-state index in [4.69, 9.17) is 17.7 Å². The second-order valence-corrected chi connectivity index (χ2v) is 16.5. The molecule has 4 aromatic heterocycles. The minimum Gasteiger partial charge on any atom is -0.308 e. The van der Waals surface area contributed by atoms with Gasteiger partial charge in [-0.25, -0.2) is 4.98 Å². The Bertz CT molecular complexity index is 4210. The van der Waals surface area contributed by atoms with Gasteiger partial charge in [0.05, 0.1) is 36.0 Å². The van der Waals surface area contributed by atoms with Crippen LogP contribution in [0, 0.1) is 0 Å². The first kappa shape index (κ1) is 29.9. The standard InChI is InChI=1S/C57H35N5S/c1-3-18-36(19-4-1)38-26-17-34-50-52(38)45-25-9-13-33-49(45)62(50)57-59-55(37-20-5-2-6-21-37)58-56(60-57)46-30-15-27-42(44-29-16-28-43-41-24-10-14-35-51(41)63-54(43)44)53(46)61-47-31-11-7-22-39(47)40-23-8-12-32-48(40)61/h1-35H/i7D,8D,22D,23D,31D,32D. The van der Waals surface area contributed by atoms with Crippen molar-refractivity contribution in [2.24, 2.45) is 0 Å². The van der Waals surface area contributed by atoms with Crippen LogP contribution in [0.3, 0.4) is 0 Å². The zero-order valence-corrected chi connectivity index (χ0v) is 34.2. The molecule has 0 unspecified atom stereocenters. The first-order valence-electron chi connectivity index (χ1n) is 23.7. The zero-order valence-electron chi connectivity index (χ0n) is 39.4. The molecule has 0 fully saturated rings. The molecular weight excluding hydrogens is 787 g/mol. The second kappa shape index (κ2) is 14.2. The van der Waals surface area contributed by atoms with E-state index in [9.17, 15) is 5.48 Å². The highest BCUT2D eigenvalue weighted by molar-refractivity contribution is 7.26. The van der Waals surface area contributed by atoms with Gasteiger partial charge in [0.2, 0.25) is 5.95 Å². The van der Waals surface area contributed by atoms with Crippen LogP contribution in [-0.4, -0.2) is 24.1 Å². The van der Waals surface area contributed by atoms with Crippen molar-refractivity contribution < 1.29 is 8.22 Å².